The Morgan fingerprint density at radius 3 is 2.53 bits per heavy atom. The highest BCUT2D eigenvalue weighted by molar-refractivity contribution is 5.33. The molecule has 2 nitrogen and oxygen atoms in total. The molecular weight excluding hydrogens is 238 g/mol. The molecule has 1 aromatic rings. The number of alkyl halides is 3. The first-order valence-electron chi connectivity index (χ1n) is 5.10. The molecule has 0 atom stereocenters. The van der Waals surface area contributed by atoms with E-state index in [9.17, 15) is 17.6 Å². The molecule has 0 aliphatic heterocycles. The Bertz CT molecular complexity index is 365. The fourth-order valence-electron chi connectivity index (χ4n) is 1.30. The largest absolute Gasteiger partial charge is 0.493 e. The van der Waals surface area contributed by atoms with E-state index in [0.717, 1.165) is 0 Å². The maximum absolute atomic E-state index is 12.8. The Morgan fingerprint density at radius 1 is 1.24 bits per heavy atom. The summed E-state index contributed by atoms with van der Waals surface area (Å²) >= 11 is 0. The molecule has 0 bridgehead atoms. The highest BCUT2D eigenvalue weighted by Crippen LogP contribution is 2.23. The second-order valence-corrected chi connectivity index (χ2v) is 3.52. The molecule has 0 amide bonds. The zero-order valence-electron chi connectivity index (χ0n) is 9.06. The van der Waals surface area contributed by atoms with E-state index in [4.69, 9.17) is 10.5 Å². The van der Waals surface area contributed by atoms with Crippen molar-refractivity contribution in [2.24, 2.45) is 5.73 Å². The van der Waals surface area contributed by atoms with E-state index < -0.39 is 18.4 Å². The number of nitrogens with two attached hydrogens (primary N) is 1. The summed E-state index contributed by atoms with van der Waals surface area (Å²) in [5.41, 5.74) is 5.81. The zero-order chi connectivity index (χ0) is 12.9. The average Bonchev–Trinajstić information content (AvgIpc) is 2.24. The molecule has 1 rings (SSSR count). The second kappa shape index (κ2) is 5.86. The van der Waals surface area contributed by atoms with Crippen LogP contribution in [0.15, 0.2) is 18.2 Å². The second-order valence-electron chi connectivity index (χ2n) is 3.52. The van der Waals surface area contributed by atoms with Crippen LogP contribution in [-0.4, -0.2) is 12.8 Å². The van der Waals surface area contributed by atoms with Gasteiger partial charge in [-0.2, -0.15) is 13.2 Å². The third-order valence-corrected chi connectivity index (χ3v) is 2.10. The predicted octanol–water partition coefficient (Wildman–Crippen LogP) is 3.01. The van der Waals surface area contributed by atoms with Crippen molar-refractivity contribution in [3.8, 4) is 5.75 Å². The molecule has 0 radical (unpaired) electrons. The summed E-state index contributed by atoms with van der Waals surface area (Å²) in [5, 5.41) is 0. The summed E-state index contributed by atoms with van der Waals surface area (Å²) < 4.78 is 53.5. The van der Waals surface area contributed by atoms with Gasteiger partial charge in [0.1, 0.15) is 11.6 Å². The third-order valence-electron chi connectivity index (χ3n) is 2.10. The average molecular weight is 251 g/mol. The summed E-state index contributed by atoms with van der Waals surface area (Å²) in [6, 6.07) is 3.75. The van der Waals surface area contributed by atoms with E-state index in [1.165, 1.54) is 18.2 Å². The molecule has 0 unspecified atom stereocenters. The zero-order valence-corrected chi connectivity index (χ0v) is 9.06. The molecule has 96 valence electrons. The van der Waals surface area contributed by atoms with Gasteiger partial charge in [-0.15, -0.1) is 0 Å². The van der Waals surface area contributed by atoms with Gasteiger partial charge in [-0.1, -0.05) is 0 Å². The molecule has 1 aromatic carbocycles. The minimum absolute atomic E-state index is 0.0713. The monoisotopic (exact) mass is 251 g/mol. The minimum atomic E-state index is -4.18. The highest BCUT2D eigenvalue weighted by Gasteiger charge is 2.26. The van der Waals surface area contributed by atoms with Gasteiger partial charge in [-0.05, 0) is 24.6 Å². The van der Waals surface area contributed by atoms with E-state index in [1.807, 2.05) is 0 Å². The Labute approximate surface area is 96.4 Å². The molecule has 0 saturated heterocycles. The topological polar surface area (TPSA) is 35.2 Å². The molecule has 17 heavy (non-hydrogen) atoms. The van der Waals surface area contributed by atoms with E-state index in [2.05, 4.69) is 0 Å². The van der Waals surface area contributed by atoms with Crippen molar-refractivity contribution in [2.75, 3.05) is 6.61 Å². The van der Waals surface area contributed by atoms with Crippen molar-refractivity contribution in [1.82, 2.24) is 0 Å². The molecule has 0 aliphatic carbocycles. The maximum atomic E-state index is 12.8. The Morgan fingerprint density at radius 2 is 1.94 bits per heavy atom. The van der Waals surface area contributed by atoms with Crippen LogP contribution in [0.3, 0.4) is 0 Å². The van der Waals surface area contributed by atoms with Crippen molar-refractivity contribution in [1.29, 1.82) is 0 Å². The summed E-state index contributed by atoms with van der Waals surface area (Å²) in [4.78, 5) is 0. The van der Waals surface area contributed by atoms with E-state index in [0.29, 0.717) is 11.3 Å². The van der Waals surface area contributed by atoms with Crippen LogP contribution in [0.2, 0.25) is 0 Å². The van der Waals surface area contributed by atoms with Gasteiger partial charge in [0.25, 0.3) is 0 Å². The molecule has 0 saturated carbocycles. The van der Waals surface area contributed by atoms with Crippen LogP contribution in [0.5, 0.6) is 5.75 Å². The summed E-state index contributed by atoms with van der Waals surface area (Å²) in [5.74, 6) is -0.121. The fraction of sp³-hybridized carbons (Fsp3) is 0.455. The SMILES string of the molecule is NCc1cc(F)ccc1OCCCC(F)(F)F. The number of hydrogen-bond acceptors (Lipinski definition) is 2. The first-order valence-corrected chi connectivity index (χ1v) is 5.10. The van der Waals surface area contributed by atoms with E-state index in [1.54, 1.807) is 0 Å². The van der Waals surface area contributed by atoms with Gasteiger partial charge in [0.2, 0.25) is 0 Å². The number of benzene rings is 1. The summed E-state index contributed by atoms with van der Waals surface area (Å²) in [6.45, 7) is 0.00447. The minimum Gasteiger partial charge on any atom is -0.493 e. The standard InChI is InChI=1S/C11H13F4NO/c12-9-2-3-10(8(6-9)7-16)17-5-1-4-11(13,14)15/h2-3,6H,1,4-5,7,16H2. The highest BCUT2D eigenvalue weighted by atomic mass is 19.4. The van der Waals surface area contributed by atoms with Crippen molar-refractivity contribution in [3.05, 3.63) is 29.6 Å². The summed E-state index contributed by atoms with van der Waals surface area (Å²) in [7, 11) is 0. The van der Waals surface area contributed by atoms with Crippen LogP contribution in [0, 0.1) is 5.82 Å². The van der Waals surface area contributed by atoms with Crippen LogP contribution >= 0.6 is 0 Å². The molecule has 0 spiro atoms. The molecule has 0 aromatic heterocycles. The number of halogens is 4. The lowest BCUT2D eigenvalue weighted by Crippen LogP contribution is -2.10. The molecule has 2 N–H and O–H groups in total. The van der Waals surface area contributed by atoms with Crippen molar-refractivity contribution in [2.45, 2.75) is 25.6 Å². The lowest BCUT2D eigenvalue weighted by molar-refractivity contribution is -0.136. The third kappa shape index (κ3) is 5.04. The van der Waals surface area contributed by atoms with Gasteiger partial charge in [-0.3, -0.25) is 0 Å². The summed E-state index contributed by atoms with van der Waals surface area (Å²) in [6.07, 6.45) is -5.21. The van der Waals surface area contributed by atoms with Crippen LogP contribution in [-0.2, 0) is 6.54 Å². The van der Waals surface area contributed by atoms with E-state index >= 15 is 0 Å². The quantitative estimate of drug-likeness (QED) is 0.645. The van der Waals surface area contributed by atoms with Crippen molar-refractivity contribution < 1.29 is 22.3 Å². The van der Waals surface area contributed by atoms with E-state index in [-0.39, 0.29) is 19.6 Å². The Balaban J connectivity index is 2.46. The van der Waals surface area contributed by atoms with Crippen LogP contribution in [0.4, 0.5) is 17.6 Å². The van der Waals surface area contributed by atoms with Gasteiger partial charge in [0.05, 0.1) is 6.61 Å². The molecule has 0 aliphatic rings. The molecule has 0 fully saturated rings. The van der Waals surface area contributed by atoms with Gasteiger partial charge < -0.3 is 10.5 Å². The number of ether oxygens (including phenoxy) is 1. The first kappa shape index (κ1) is 13.8. The lowest BCUT2D eigenvalue weighted by atomic mass is 10.2. The van der Waals surface area contributed by atoms with Crippen molar-refractivity contribution >= 4 is 0 Å². The fourth-order valence-corrected chi connectivity index (χ4v) is 1.30. The number of hydrogen-bond donors (Lipinski definition) is 1. The Hall–Kier alpha value is -1.30. The van der Waals surface area contributed by atoms with Crippen LogP contribution in [0.25, 0.3) is 0 Å². The lowest BCUT2D eigenvalue weighted by Gasteiger charge is -2.11. The Kier molecular flexibility index (Phi) is 4.74. The molecule has 0 heterocycles. The first-order chi connectivity index (χ1) is 7.92. The van der Waals surface area contributed by atoms with Crippen LogP contribution in [0.1, 0.15) is 18.4 Å². The van der Waals surface area contributed by atoms with Gasteiger partial charge >= 0.3 is 6.18 Å². The van der Waals surface area contributed by atoms with Crippen LogP contribution < -0.4 is 10.5 Å². The van der Waals surface area contributed by atoms with Gasteiger partial charge in [-0.25, -0.2) is 4.39 Å². The molecule has 6 heteroatoms. The van der Waals surface area contributed by atoms with Crippen molar-refractivity contribution in [3.63, 3.8) is 0 Å². The maximum Gasteiger partial charge on any atom is 0.389 e. The normalized spacial score (nSPS) is 11.6. The predicted molar refractivity (Wildman–Crippen MR) is 55.1 cm³/mol. The van der Waals surface area contributed by atoms with Gasteiger partial charge in [0.15, 0.2) is 0 Å². The molecular formula is C11H13F4NO. The number of rotatable bonds is 5. The van der Waals surface area contributed by atoms with Gasteiger partial charge in [0, 0.05) is 18.5 Å². The smallest absolute Gasteiger partial charge is 0.389 e.